The van der Waals surface area contributed by atoms with Crippen LogP contribution in [-0.4, -0.2) is 35.5 Å². The van der Waals surface area contributed by atoms with Gasteiger partial charge < -0.3 is 10.1 Å². The molecule has 1 aromatic heterocycles. The Hall–Kier alpha value is -2.87. The molecular weight excluding hydrogens is 390 g/mol. The third kappa shape index (κ3) is 6.32. The number of hydrogen-bond donors (Lipinski definition) is 2. The highest BCUT2D eigenvalue weighted by Gasteiger charge is 2.20. The molecule has 1 aliphatic carbocycles. The minimum Gasteiger partial charge on any atom is -0.452 e. The van der Waals surface area contributed by atoms with E-state index in [0.717, 1.165) is 36.1 Å². The summed E-state index contributed by atoms with van der Waals surface area (Å²) in [5.74, 6) is -1.34. The molecule has 8 heteroatoms. The Morgan fingerprint density at radius 1 is 1.14 bits per heavy atom. The monoisotopic (exact) mass is 413 g/mol. The molecule has 152 valence electrons. The van der Waals surface area contributed by atoms with E-state index in [1.807, 2.05) is 31.2 Å². The molecule has 0 aliphatic heterocycles. The summed E-state index contributed by atoms with van der Waals surface area (Å²) in [6.45, 7) is 1.46. The number of hydrogen-bond acceptors (Lipinski definition) is 6. The van der Waals surface area contributed by atoms with Crippen LogP contribution in [0.4, 0.5) is 4.79 Å². The maximum absolute atomic E-state index is 12.4. The number of urea groups is 1. The molecule has 3 amide bonds. The molecule has 3 rings (SSSR count). The zero-order chi connectivity index (χ0) is 20.6. The maximum atomic E-state index is 12.4. The van der Waals surface area contributed by atoms with Crippen molar-refractivity contribution in [1.29, 1.82) is 0 Å². The van der Waals surface area contributed by atoms with Gasteiger partial charge >= 0.3 is 12.0 Å². The fourth-order valence-electron chi connectivity index (χ4n) is 3.01. The molecule has 1 aromatic carbocycles. The number of pyridine rings is 1. The molecule has 2 N–H and O–H groups in total. The lowest BCUT2D eigenvalue weighted by atomic mass is 10.2. The van der Waals surface area contributed by atoms with Crippen molar-refractivity contribution in [2.45, 2.75) is 48.6 Å². The van der Waals surface area contributed by atoms with Crippen LogP contribution in [0.5, 0.6) is 0 Å². The molecule has 1 heterocycles. The summed E-state index contributed by atoms with van der Waals surface area (Å²) in [6, 6.07) is 10.6. The van der Waals surface area contributed by atoms with Gasteiger partial charge in [0.25, 0.3) is 5.91 Å². The Kier molecular flexibility index (Phi) is 7.24. The lowest BCUT2D eigenvalue weighted by Gasteiger charge is -2.12. The summed E-state index contributed by atoms with van der Waals surface area (Å²) < 4.78 is 5.07. The molecule has 1 fully saturated rings. The first-order valence-electron chi connectivity index (χ1n) is 9.48. The van der Waals surface area contributed by atoms with E-state index in [1.165, 1.54) is 11.8 Å². The zero-order valence-electron chi connectivity index (χ0n) is 16.1. The van der Waals surface area contributed by atoms with Gasteiger partial charge in [0.2, 0.25) is 0 Å². The van der Waals surface area contributed by atoms with Gasteiger partial charge in [-0.05, 0) is 44.0 Å². The van der Waals surface area contributed by atoms with Crippen LogP contribution in [0.15, 0.2) is 52.5 Å². The fourth-order valence-corrected chi connectivity index (χ4v) is 3.88. The van der Waals surface area contributed by atoms with Crippen molar-refractivity contribution >= 4 is 29.7 Å². The molecule has 2 aromatic rings. The first-order chi connectivity index (χ1) is 14.0. The fraction of sp³-hybridized carbons (Fsp3) is 0.333. The first-order valence-corrected chi connectivity index (χ1v) is 10.3. The summed E-state index contributed by atoms with van der Waals surface area (Å²) in [7, 11) is 0. The SMILES string of the molecule is Cc1ccc(Sc2ncccc2C(=O)OCC(=O)NC(=O)NC2CCCC2)cc1. The van der Waals surface area contributed by atoms with Gasteiger partial charge in [-0.2, -0.15) is 0 Å². The Bertz CT molecular complexity index is 880. The summed E-state index contributed by atoms with van der Waals surface area (Å²) in [5.41, 5.74) is 1.40. The van der Waals surface area contributed by atoms with Crippen molar-refractivity contribution < 1.29 is 19.1 Å². The highest BCUT2D eigenvalue weighted by atomic mass is 32.2. The van der Waals surface area contributed by atoms with E-state index in [4.69, 9.17) is 4.74 Å². The molecule has 7 nitrogen and oxygen atoms in total. The van der Waals surface area contributed by atoms with Crippen molar-refractivity contribution in [3.8, 4) is 0 Å². The largest absolute Gasteiger partial charge is 0.452 e. The standard InChI is InChI=1S/C21H23N3O4S/c1-14-8-10-16(11-9-14)29-19-17(7-4-12-22-19)20(26)28-13-18(25)24-21(27)23-15-5-2-3-6-15/h4,7-12,15H,2-3,5-6,13H2,1H3,(H2,23,24,25,27). The van der Waals surface area contributed by atoms with Gasteiger partial charge in [-0.25, -0.2) is 14.6 Å². The second kappa shape index (κ2) is 10.1. The van der Waals surface area contributed by atoms with Gasteiger partial charge in [-0.1, -0.05) is 42.3 Å². The minimum absolute atomic E-state index is 0.0992. The van der Waals surface area contributed by atoms with Gasteiger partial charge in [-0.3, -0.25) is 10.1 Å². The van der Waals surface area contributed by atoms with Crippen LogP contribution in [0.25, 0.3) is 0 Å². The third-order valence-corrected chi connectivity index (χ3v) is 5.53. The number of aromatic nitrogens is 1. The van der Waals surface area contributed by atoms with Gasteiger partial charge in [0, 0.05) is 17.1 Å². The van der Waals surface area contributed by atoms with Crippen molar-refractivity contribution in [2.24, 2.45) is 0 Å². The summed E-state index contributed by atoms with van der Waals surface area (Å²) in [4.78, 5) is 41.3. The van der Waals surface area contributed by atoms with Crippen LogP contribution in [0.1, 0.15) is 41.6 Å². The quantitative estimate of drug-likeness (QED) is 0.704. The molecule has 0 atom stereocenters. The molecular formula is C21H23N3O4S. The normalized spacial score (nSPS) is 13.7. The Morgan fingerprint density at radius 2 is 1.86 bits per heavy atom. The summed E-state index contributed by atoms with van der Waals surface area (Å²) in [5, 5.41) is 5.42. The average Bonchev–Trinajstić information content (AvgIpc) is 3.21. The number of nitrogens with zero attached hydrogens (tertiary/aromatic N) is 1. The minimum atomic E-state index is -0.675. The average molecular weight is 413 g/mol. The molecule has 29 heavy (non-hydrogen) atoms. The summed E-state index contributed by atoms with van der Waals surface area (Å²) in [6.07, 6.45) is 5.57. The van der Waals surface area contributed by atoms with Crippen molar-refractivity contribution in [2.75, 3.05) is 6.61 Å². The number of amides is 3. The molecule has 0 unspecified atom stereocenters. The number of benzene rings is 1. The number of esters is 1. The highest BCUT2D eigenvalue weighted by molar-refractivity contribution is 7.99. The lowest BCUT2D eigenvalue weighted by molar-refractivity contribution is -0.123. The number of ether oxygens (including phenoxy) is 1. The van der Waals surface area contributed by atoms with Crippen LogP contribution >= 0.6 is 11.8 Å². The van der Waals surface area contributed by atoms with Crippen LogP contribution in [0.3, 0.4) is 0 Å². The molecule has 0 radical (unpaired) electrons. The van der Waals surface area contributed by atoms with E-state index in [1.54, 1.807) is 18.3 Å². The Labute approximate surface area is 173 Å². The third-order valence-electron chi connectivity index (χ3n) is 4.50. The van der Waals surface area contributed by atoms with E-state index in [-0.39, 0.29) is 11.6 Å². The topological polar surface area (TPSA) is 97.4 Å². The lowest BCUT2D eigenvalue weighted by Crippen LogP contribution is -2.45. The van der Waals surface area contributed by atoms with Gasteiger partial charge in [0.1, 0.15) is 5.03 Å². The Morgan fingerprint density at radius 3 is 2.59 bits per heavy atom. The number of nitrogens with one attached hydrogen (secondary N) is 2. The maximum Gasteiger partial charge on any atom is 0.341 e. The second-order valence-electron chi connectivity index (χ2n) is 6.85. The zero-order valence-corrected chi connectivity index (χ0v) is 17.0. The highest BCUT2D eigenvalue weighted by Crippen LogP contribution is 2.29. The summed E-state index contributed by atoms with van der Waals surface area (Å²) >= 11 is 1.34. The van der Waals surface area contributed by atoms with E-state index < -0.39 is 24.5 Å². The smallest absolute Gasteiger partial charge is 0.341 e. The molecule has 1 saturated carbocycles. The van der Waals surface area contributed by atoms with E-state index in [9.17, 15) is 14.4 Å². The Balaban J connectivity index is 1.53. The van der Waals surface area contributed by atoms with E-state index >= 15 is 0 Å². The number of aryl methyl sites for hydroxylation is 1. The van der Waals surface area contributed by atoms with Gasteiger partial charge in [0.05, 0.1) is 5.56 Å². The molecule has 0 bridgehead atoms. The van der Waals surface area contributed by atoms with Gasteiger partial charge in [-0.15, -0.1) is 0 Å². The first kappa shape index (κ1) is 20.9. The predicted molar refractivity (Wildman–Crippen MR) is 109 cm³/mol. The predicted octanol–water partition coefficient (Wildman–Crippen LogP) is 3.47. The second-order valence-corrected chi connectivity index (χ2v) is 7.91. The number of carbonyl (C=O) groups excluding carboxylic acids is 3. The van der Waals surface area contributed by atoms with E-state index in [2.05, 4.69) is 15.6 Å². The molecule has 1 aliphatic rings. The van der Waals surface area contributed by atoms with Crippen molar-refractivity contribution in [3.05, 3.63) is 53.7 Å². The van der Waals surface area contributed by atoms with Crippen molar-refractivity contribution in [1.82, 2.24) is 15.6 Å². The van der Waals surface area contributed by atoms with Crippen LogP contribution in [0, 0.1) is 6.92 Å². The van der Waals surface area contributed by atoms with Crippen LogP contribution in [-0.2, 0) is 9.53 Å². The van der Waals surface area contributed by atoms with E-state index in [0.29, 0.717) is 5.03 Å². The number of rotatable bonds is 6. The van der Waals surface area contributed by atoms with Crippen molar-refractivity contribution in [3.63, 3.8) is 0 Å². The molecule has 0 saturated heterocycles. The molecule has 0 spiro atoms. The van der Waals surface area contributed by atoms with Gasteiger partial charge in [0.15, 0.2) is 6.61 Å². The van der Waals surface area contributed by atoms with Crippen LogP contribution < -0.4 is 10.6 Å². The number of carbonyl (C=O) groups is 3. The van der Waals surface area contributed by atoms with Crippen LogP contribution in [0.2, 0.25) is 0 Å². The number of imide groups is 1.